The van der Waals surface area contributed by atoms with E-state index < -0.39 is 0 Å². The summed E-state index contributed by atoms with van der Waals surface area (Å²) < 4.78 is 5.33. The Morgan fingerprint density at radius 2 is 1.88 bits per heavy atom. The number of benzene rings is 2. The molecule has 34 heavy (non-hydrogen) atoms. The summed E-state index contributed by atoms with van der Waals surface area (Å²) in [7, 11) is 1.51. The third-order valence-corrected chi connectivity index (χ3v) is 5.83. The number of nitrogens with zero attached hydrogens (tertiary/aromatic N) is 5. The molecule has 1 aliphatic heterocycles. The van der Waals surface area contributed by atoms with Crippen molar-refractivity contribution in [2.45, 2.75) is 13.0 Å². The first-order valence-electron chi connectivity index (χ1n) is 11.0. The second-order valence-corrected chi connectivity index (χ2v) is 7.89. The number of para-hydroxylation sites is 1. The molecule has 0 aliphatic carbocycles. The number of piperazine rings is 1. The number of aryl methyl sites for hydroxylation is 1. The fourth-order valence-electron chi connectivity index (χ4n) is 4.08. The zero-order chi connectivity index (χ0) is 23.9. The van der Waals surface area contributed by atoms with Gasteiger partial charge in [-0.15, -0.1) is 0 Å². The lowest BCUT2D eigenvalue weighted by Gasteiger charge is -2.42. The Morgan fingerprint density at radius 1 is 1.12 bits per heavy atom. The highest BCUT2D eigenvalue weighted by Gasteiger charge is 2.34. The molecule has 2 heterocycles. The summed E-state index contributed by atoms with van der Waals surface area (Å²) in [4.78, 5) is 26.4. The van der Waals surface area contributed by atoms with Gasteiger partial charge in [-0.1, -0.05) is 48.5 Å². The lowest BCUT2D eigenvalue weighted by Crippen LogP contribution is -2.54. The maximum absolute atomic E-state index is 13.6. The molecule has 0 radical (unpaired) electrons. The fraction of sp³-hybridized carbons (Fsp3) is 0.231. The van der Waals surface area contributed by atoms with Gasteiger partial charge in [0.2, 0.25) is 11.8 Å². The number of hydrogen-bond donors (Lipinski definition) is 1. The average Bonchev–Trinajstić information content (AvgIpc) is 2.89. The SMILES string of the molecule is COc1ncccc1C(=O)N1CCN(C(=Nc2ccccc2C)NC#N)CC1c1ccccc1. The number of carbonyl (C=O) groups excluding carboxylic acids is 1. The van der Waals surface area contributed by atoms with E-state index in [1.807, 2.05) is 77.5 Å². The Bertz CT molecular complexity index is 1220. The summed E-state index contributed by atoms with van der Waals surface area (Å²) in [5.74, 6) is 0.613. The minimum atomic E-state index is -0.255. The third kappa shape index (κ3) is 4.84. The molecule has 8 nitrogen and oxygen atoms in total. The molecule has 0 bridgehead atoms. The van der Waals surface area contributed by atoms with Gasteiger partial charge in [-0.25, -0.2) is 9.98 Å². The van der Waals surface area contributed by atoms with Crippen LogP contribution in [0.2, 0.25) is 0 Å². The maximum atomic E-state index is 13.6. The van der Waals surface area contributed by atoms with E-state index in [1.54, 1.807) is 18.3 Å². The Balaban J connectivity index is 1.68. The molecule has 2 aromatic carbocycles. The number of carbonyl (C=O) groups is 1. The summed E-state index contributed by atoms with van der Waals surface area (Å²) in [5.41, 5.74) is 3.21. The van der Waals surface area contributed by atoms with E-state index in [0.29, 0.717) is 37.0 Å². The minimum Gasteiger partial charge on any atom is -0.480 e. The summed E-state index contributed by atoms with van der Waals surface area (Å²) in [5, 5.41) is 12.1. The first-order chi connectivity index (χ1) is 16.6. The summed E-state index contributed by atoms with van der Waals surface area (Å²) in [6.45, 7) is 3.40. The molecule has 8 heteroatoms. The number of aromatic nitrogens is 1. The van der Waals surface area contributed by atoms with Crippen LogP contribution in [0.15, 0.2) is 77.9 Å². The van der Waals surface area contributed by atoms with Crippen LogP contribution < -0.4 is 10.1 Å². The van der Waals surface area contributed by atoms with Gasteiger partial charge in [-0.05, 0) is 36.2 Å². The topological polar surface area (TPSA) is 93.8 Å². The van der Waals surface area contributed by atoms with Gasteiger partial charge in [0.15, 0.2) is 6.19 Å². The van der Waals surface area contributed by atoms with Gasteiger partial charge in [0.25, 0.3) is 5.91 Å². The molecule has 4 rings (SSSR count). The van der Waals surface area contributed by atoms with E-state index in [0.717, 1.165) is 16.8 Å². The van der Waals surface area contributed by atoms with Crippen LogP contribution in [0.5, 0.6) is 5.88 Å². The standard InChI is InChI=1S/C26H26N6O2/c1-19-9-6-7-13-22(19)30-26(29-18-27)31-15-16-32(23(17-31)20-10-4-3-5-11-20)25(33)21-12-8-14-28-24(21)34-2/h3-14,23H,15-17H2,1-2H3,(H,29,30). The number of pyridine rings is 1. The first kappa shape index (κ1) is 22.8. The molecule has 1 atom stereocenters. The minimum absolute atomic E-state index is 0.149. The molecular weight excluding hydrogens is 428 g/mol. The smallest absolute Gasteiger partial charge is 0.259 e. The van der Waals surface area contributed by atoms with Crippen molar-refractivity contribution in [1.82, 2.24) is 20.1 Å². The Hall–Kier alpha value is -4.38. The van der Waals surface area contributed by atoms with Crippen LogP contribution in [0.3, 0.4) is 0 Å². The van der Waals surface area contributed by atoms with Crippen LogP contribution in [0.1, 0.15) is 27.5 Å². The molecule has 1 saturated heterocycles. The van der Waals surface area contributed by atoms with E-state index in [-0.39, 0.29) is 11.9 Å². The van der Waals surface area contributed by atoms with Gasteiger partial charge in [0, 0.05) is 25.8 Å². The molecule has 0 saturated carbocycles. The van der Waals surface area contributed by atoms with Crippen molar-refractivity contribution in [3.05, 3.63) is 89.6 Å². The number of nitrogens with one attached hydrogen (secondary N) is 1. The second kappa shape index (κ2) is 10.5. The number of guanidine groups is 1. The number of hydrogen-bond acceptors (Lipinski definition) is 5. The zero-order valence-electron chi connectivity index (χ0n) is 19.2. The molecule has 1 aromatic heterocycles. The van der Waals surface area contributed by atoms with Gasteiger partial charge < -0.3 is 14.5 Å². The van der Waals surface area contributed by atoms with Crippen LogP contribution in [0, 0.1) is 18.4 Å². The number of aliphatic imine (C=N–C) groups is 1. The molecule has 3 aromatic rings. The predicted octanol–water partition coefficient (Wildman–Crippen LogP) is 3.66. The van der Waals surface area contributed by atoms with E-state index in [2.05, 4.69) is 10.3 Å². The number of methoxy groups -OCH3 is 1. The molecule has 0 spiro atoms. The van der Waals surface area contributed by atoms with E-state index >= 15 is 0 Å². The van der Waals surface area contributed by atoms with Crippen LogP contribution >= 0.6 is 0 Å². The average molecular weight is 455 g/mol. The van der Waals surface area contributed by atoms with Crippen molar-refractivity contribution in [3.63, 3.8) is 0 Å². The van der Waals surface area contributed by atoms with Gasteiger partial charge >= 0.3 is 0 Å². The number of nitriles is 1. The van der Waals surface area contributed by atoms with Crippen molar-refractivity contribution in [3.8, 4) is 12.1 Å². The van der Waals surface area contributed by atoms with Crippen LogP contribution in [0.25, 0.3) is 0 Å². The summed E-state index contributed by atoms with van der Waals surface area (Å²) >= 11 is 0. The molecule has 1 amide bonds. The molecule has 1 fully saturated rings. The Labute approximate surface area is 199 Å². The molecule has 1 unspecified atom stereocenters. The van der Waals surface area contributed by atoms with E-state index in [9.17, 15) is 10.1 Å². The van der Waals surface area contributed by atoms with Crippen molar-refractivity contribution in [1.29, 1.82) is 5.26 Å². The van der Waals surface area contributed by atoms with Crippen molar-refractivity contribution in [2.24, 2.45) is 4.99 Å². The number of amides is 1. The molecule has 1 N–H and O–H groups in total. The lowest BCUT2D eigenvalue weighted by atomic mass is 10.0. The quantitative estimate of drug-likeness (QED) is 0.280. The van der Waals surface area contributed by atoms with Crippen molar-refractivity contribution < 1.29 is 9.53 Å². The highest BCUT2D eigenvalue weighted by Crippen LogP contribution is 2.29. The van der Waals surface area contributed by atoms with E-state index in [1.165, 1.54) is 7.11 Å². The van der Waals surface area contributed by atoms with E-state index in [4.69, 9.17) is 9.73 Å². The lowest BCUT2D eigenvalue weighted by molar-refractivity contribution is 0.0543. The highest BCUT2D eigenvalue weighted by atomic mass is 16.5. The summed E-state index contributed by atoms with van der Waals surface area (Å²) in [6, 6.07) is 20.8. The number of ether oxygens (including phenoxy) is 1. The monoisotopic (exact) mass is 454 g/mol. The van der Waals surface area contributed by atoms with Gasteiger partial charge in [-0.2, -0.15) is 5.26 Å². The zero-order valence-corrected chi connectivity index (χ0v) is 19.2. The van der Waals surface area contributed by atoms with Crippen molar-refractivity contribution >= 4 is 17.6 Å². The first-order valence-corrected chi connectivity index (χ1v) is 11.0. The van der Waals surface area contributed by atoms with Crippen LogP contribution in [-0.2, 0) is 0 Å². The highest BCUT2D eigenvalue weighted by molar-refractivity contribution is 5.97. The molecule has 172 valence electrons. The maximum Gasteiger partial charge on any atom is 0.259 e. The number of rotatable bonds is 4. The van der Waals surface area contributed by atoms with Gasteiger partial charge in [0.05, 0.1) is 18.8 Å². The van der Waals surface area contributed by atoms with Crippen molar-refractivity contribution in [2.75, 3.05) is 26.7 Å². The largest absolute Gasteiger partial charge is 0.480 e. The predicted molar refractivity (Wildman–Crippen MR) is 130 cm³/mol. The van der Waals surface area contributed by atoms with Crippen LogP contribution in [0.4, 0.5) is 5.69 Å². The van der Waals surface area contributed by atoms with Gasteiger partial charge in [-0.3, -0.25) is 10.1 Å². The fourth-order valence-corrected chi connectivity index (χ4v) is 4.08. The summed E-state index contributed by atoms with van der Waals surface area (Å²) in [6.07, 6.45) is 3.61. The third-order valence-electron chi connectivity index (χ3n) is 5.83. The second-order valence-electron chi connectivity index (χ2n) is 7.89. The van der Waals surface area contributed by atoms with Gasteiger partial charge in [0.1, 0.15) is 5.56 Å². The Kier molecular flexibility index (Phi) is 7.04. The molecular formula is C26H26N6O2. The normalized spacial score (nSPS) is 16.0. The molecule has 1 aliphatic rings. The van der Waals surface area contributed by atoms with Crippen LogP contribution in [-0.4, -0.2) is 53.4 Å². The Morgan fingerprint density at radius 3 is 2.62 bits per heavy atom.